The molecule has 8 heteroatoms. The average Bonchev–Trinajstić information content (AvgIpc) is 3.17. The number of ether oxygens (including phenoxy) is 1. The lowest BCUT2D eigenvalue weighted by molar-refractivity contribution is -0.274. The number of aliphatic hydroxyl groups is 1. The van der Waals surface area contributed by atoms with Crippen molar-refractivity contribution in [2.45, 2.75) is 38.7 Å². The summed E-state index contributed by atoms with van der Waals surface area (Å²) in [5.41, 5.74) is 1.59. The van der Waals surface area contributed by atoms with Crippen molar-refractivity contribution in [3.63, 3.8) is 0 Å². The van der Waals surface area contributed by atoms with E-state index in [1.165, 1.54) is 12.1 Å². The maximum Gasteiger partial charge on any atom is 0.573 e. The van der Waals surface area contributed by atoms with E-state index in [1.807, 2.05) is 13.0 Å². The third-order valence-corrected chi connectivity index (χ3v) is 5.54. The molecule has 2 fully saturated rings. The van der Waals surface area contributed by atoms with Gasteiger partial charge in [0.15, 0.2) is 5.82 Å². The number of halogens is 3. The molecule has 2 heterocycles. The summed E-state index contributed by atoms with van der Waals surface area (Å²) in [6.45, 7) is 3.74. The molecule has 4 rings (SSSR count). The first kappa shape index (κ1) is 18.2. The van der Waals surface area contributed by atoms with Gasteiger partial charge in [-0.1, -0.05) is 0 Å². The molecular weight excluding hydrogens is 359 g/mol. The molecule has 1 saturated carbocycles. The third kappa shape index (κ3) is 3.90. The van der Waals surface area contributed by atoms with Crippen LogP contribution in [-0.2, 0) is 0 Å². The van der Waals surface area contributed by atoms with Crippen molar-refractivity contribution in [2.24, 2.45) is 11.8 Å². The molecule has 1 N–H and O–H groups in total. The number of rotatable bonds is 3. The summed E-state index contributed by atoms with van der Waals surface area (Å²) in [6, 6.07) is 7.69. The van der Waals surface area contributed by atoms with Crippen LogP contribution in [0.5, 0.6) is 5.75 Å². The molecule has 0 amide bonds. The van der Waals surface area contributed by atoms with E-state index in [1.54, 1.807) is 16.8 Å². The summed E-state index contributed by atoms with van der Waals surface area (Å²) >= 11 is 0. The van der Waals surface area contributed by atoms with E-state index in [2.05, 4.69) is 14.7 Å². The van der Waals surface area contributed by atoms with Gasteiger partial charge in [0.05, 0.1) is 11.8 Å². The van der Waals surface area contributed by atoms with Crippen LogP contribution in [0.3, 0.4) is 0 Å². The zero-order chi connectivity index (χ0) is 19.2. The largest absolute Gasteiger partial charge is 0.573 e. The van der Waals surface area contributed by atoms with Gasteiger partial charge in [0.1, 0.15) is 5.75 Å². The van der Waals surface area contributed by atoms with E-state index in [4.69, 9.17) is 0 Å². The fourth-order valence-electron chi connectivity index (χ4n) is 4.26. The highest BCUT2D eigenvalue weighted by atomic mass is 19.4. The summed E-state index contributed by atoms with van der Waals surface area (Å²) in [5.74, 6) is 1.71. The molecule has 3 atom stereocenters. The van der Waals surface area contributed by atoms with Gasteiger partial charge in [-0.2, -0.15) is 5.10 Å². The summed E-state index contributed by atoms with van der Waals surface area (Å²) < 4.78 is 42.5. The Bertz CT molecular complexity index is 804. The molecule has 3 unspecified atom stereocenters. The van der Waals surface area contributed by atoms with Crippen LogP contribution < -0.4 is 9.64 Å². The molecule has 0 spiro atoms. The van der Waals surface area contributed by atoms with Crippen LogP contribution in [0.15, 0.2) is 30.3 Å². The zero-order valence-electron chi connectivity index (χ0n) is 15.0. The zero-order valence-corrected chi connectivity index (χ0v) is 15.0. The van der Waals surface area contributed by atoms with E-state index in [-0.39, 0.29) is 11.9 Å². The van der Waals surface area contributed by atoms with Crippen molar-refractivity contribution in [1.29, 1.82) is 0 Å². The molecule has 0 radical (unpaired) electrons. The summed E-state index contributed by atoms with van der Waals surface area (Å²) in [5, 5.41) is 14.5. The normalized spacial score (nSPS) is 25.5. The molecule has 1 saturated heterocycles. The van der Waals surface area contributed by atoms with Crippen LogP contribution in [0.1, 0.15) is 25.0 Å². The van der Waals surface area contributed by atoms with E-state index >= 15 is 0 Å². The number of aromatic nitrogens is 2. The fourth-order valence-corrected chi connectivity index (χ4v) is 4.26. The SMILES string of the molecule is Cc1cc(N2CC3CCC(O)CC3C2)nn1-c1ccc(OC(F)(F)F)cc1. The number of benzene rings is 1. The van der Waals surface area contributed by atoms with Crippen molar-refractivity contribution in [2.75, 3.05) is 18.0 Å². The Balaban J connectivity index is 1.50. The maximum atomic E-state index is 12.3. The first-order valence-electron chi connectivity index (χ1n) is 9.14. The topological polar surface area (TPSA) is 50.5 Å². The Labute approximate surface area is 155 Å². The van der Waals surface area contributed by atoms with Crippen LogP contribution >= 0.6 is 0 Å². The average molecular weight is 381 g/mol. The van der Waals surface area contributed by atoms with E-state index in [9.17, 15) is 18.3 Å². The Hall–Kier alpha value is -2.22. The number of alkyl halides is 3. The van der Waals surface area contributed by atoms with Crippen LogP contribution in [0, 0.1) is 18.8 Å². The summed E-state index contributed by atoms with van der Waals surface area (Å²) in [4.78, 5) is 2.25. The molecule has 146 valence electrons. The standard InChI is InChI=1S/C19H22F3N3O2/c1-12-8-18(24-10-13-2-5-16(26)9-14(13)11-24)23-25(12)15-3-6-17(7-4-15)27-19(20,21)22/h3-4,6-8,13-14,16,26H,2,5,9-11H2,1H3. The predicted octanol–water partition coefficient (Wildman–Crippen LogP) is 3.68. The Kier molecular flexibility index (Phi) is 4.53. The quantitative estimate of drug-likeness (QED) is 0.881. The summed E-state index contributed by atoms with van der Waals surface area (Å²) in [6.07, 6.45) is -2.13. The first-order valence-corrected chi connectivity index (χ1v) is 9.14. The second kappa shape index (κ2) is 6.74. The van der Waals surface area contributed by atoms with Gasteiger partial charge in [0, 0.05) is 24.8 Å². The highest BCUT2D eigenvalue weighted by Gasteiger charge is 2.38. The van der Waals surface area contributed by atoms with Crippen molar-refractivity contribution in [1.82, 2.24) is 9.78 Å². The lowest BCUT2D eigenvalue weighted by Crippen LogP contribution is -2.26. The molecule has 2 aromatic rings. The highest BCUT2D eigenvalue weighted by molar-refractivity contribution is 5.46. The van der Waals surface area contributed by atoms with Crippen molar-refractivity contribution in [3.8, 4) is 11.4 Å². The minimum absolute atomic E-state index is 0.192. The number of hydrogen-bond acceptors (Lipinski definition) is 4. The number of fused-ring (bicyclic) bond motifs is 1. The molecule has 2 aliphatic rings. The number of aryl methyl sites for hydroxylation is 1. The highest BCUT2D eigenvalue weighted by Crippen LogP contribution is 2.38. The van der Waals surface area contributed by atoms with E-state index < -0.39 is 6.36 Å². The number of nitrogens with zero attached hydrogens (tertiary/aromatic N) is 3. The van der Waals surface area contributed by atoms with Gasteiger partial charge in [0.2, 0.25) is 0 Å². The van der Waals surface area contributed by atoms with Crippen LogP contribution in [0.2, 0.25) is 0 Å². The fraction of sp³-hybridized carbons (Fsp3) is 0.526. The molecule has 1 aliphatic heterocycles. The first-order chi connectivity index (χ1) is 12.8. The van der Waals surface area contributed by atoms with Crippen molar-refractivity contribution < 1.29 is 23.0 Å². The smallest absolute Gasteiger partial charge is 0.406 e. The second-order valence-electron chi connectivity index (χ2n) is 7.49. The molecular formula is C19H22F3N3O2. The van der Waals surface area contributed by atoms with E-state index in [0.717, 1.165) is 43.9 Å². The van der Waals surface area contributed by atoms with Gasteiger partial charge in [0.25, 0.3) is 0 Å². The number of aliphatic hydroxyl groups excluding tert-OH is 1. The Morgan fingerprint density at radius 3 is 2.52 bits per heavy atom. The molecule has 5 nitrogen and oxygen atoms in total. The molecule has 1 aliphatic carbocycles. The van der Waals surface area contributed by atoms with Gasteiger partial charge in [-0.05, 0) is 62.3 Å². The van der Waals surface area contributed by atoms with Gasteiger partial charge >= 0.3 is 6.36 Å². The Morgan fingerprint density at radius 1 is 1.11 bits per heavy atom. The van der Waals surface area contributed by atoms with E-state index in [0.29, 0.717) is 17.5 Å². The minimum Gasteiger partial charge on any atom is -0.406 e. The third-order valence-electron chi connectivity index (χ3n) is 5.54. The van der Waals surface area contributed by atoms with Crippen molar-refractivity contribution in [3.05, 3.63) is 36.0 Å². The lowest BCUT2D eigenvalue weighted by atomic mass is 9.80. The number of anilines is 1. The molecule has 1 aromatic heterocycles. The van der Waals surface area contributed by atoms with Gasteiger partial charge in [-0.25, -0.2) is 4.68 Å². The predicted molar refractivity (Wildman–Crippen MR) is 94.0 cm³/mol. The lowest BCUT2D eigenvalue weighted by Gasteiger charge is -2.27. The monoisotopic (exact) mass is 381 g/mol. The Morgan fingerprint density at radius 2 is 1.81 bits per heavy atom. The van der Waals surface area contributed by atoms with Crippen LogP contribution in [0.4, 0.5) is 19.0 Å². The molecule has 0 bridgehead atoms. The second-order valence-corrected chi connectivity index (χ2v) is 7.49. The van der Waals surface area contributed by atoms with Gasteiger partial charge in [-0.15, -0.1) is 13.2 Å². The molecule has 1 aromatic carbocycles. The number of hydrogen-bond donors (Lipinski definition) is 1. The molecule has 27 heavy (non-hydrogen) atoms. The van der Waals surface area contributed by atoms with Crippen LogP contribution in [-0.4, -0.2) is 40.4 Å². The van der Waals surface area contributed by atoms with Gasteiger partial charge < -0.3 is 14.7 Å². The van der Waals surface area contributed by atoms with Gasteiger partial charge in [-0.3, -0.25) is 0 Å². The van der Waals surface area contributed by atoms with Crippen LogP contribution in [0.25, 0.3) is 5.69 Å². The van der Waals surface area contributed by atoms with Crippen molar-refractivity contribution >= 4 is 5.82 Å². The minimum atomic E-state index is -4.70. The maximum absolute atomic E-state index is 12.3. The summed E-state index contributed by atoms with van der Waals surface area (Å²) in [7, 11) is 0.